The smallest absolute Gasteiger partial charge is 0.267 e. The number of carbonyl (C=O) groups is 1. The molecule has 2 N–H and O–H groups in total. The van der Waals surface area contributed by atoms with Crippen molar-refractivity contribution in [2.45, 2.75) is 19.8 Å². The van der Waals surface area contributed by atoms with Gasteiger partial charge in [0.25, 0.3) is 11.5 Å². The second-order valence-corrected chi connectivity index (χ2v) is 4.32. The maximum atomic E-state index is 12.2. The number of unbranched alkanes of at least 4 members (excludes halogenated alkanes) is 1. The lowest BCUT2D eigenvalue weighted by atomic mass is 10.2. The highest BCUT2D eigenvalue weighted by atomic mass is 16.5. The number of nitrogens with zero attached hydrogens (tertiary/aromatic N) is 1. The molecule has 0 unspecified atom stereocenters. The monoisotopic (exact) mass is 284 g/mol. The van der Waals surface area contributed by atoms with Crippen LogP contribution in [0.25, 0.3) is 0 Å². The van der Waals surface area contributed by atoms with Crippen LogP contribution in [-0.2, 0) is 0 Å². The van der Waals surface area contributed by atoms with Crippen molar-refractivity contribution in [3.05, 3.63) is 15.9 Å². The van der Waals surface area contributed by atoms with Crippen LogP contribution in [0.4, 0.5) is 0 Å². The van der Waals surface area contributed by atoms with Gasteiger partial charge in [0.15, 0.2) is 11.3 Å². The Hall–Kier alpha value is -2.18. The molecule has 0 spiro atoms. The number of hydrogen-bond donors (Lipinski definition) is 2. The van der Waals surface area contributed by atoms with Gasteiger partial charge in [0, 0.05) is 13.6 Å². The van der Waals surface area contributed by atoms with Gasteiger partial charge in [-0.1, -0.05) is 13.3 Å². The number of nitrogens with one attached hydrogen (secondary N) is 1. The first kappa shape index (κ1) is 15.9. The minimum Gasteiger partial charge on any atom is -0.503 e. The molecule has 20 heavy (non-hydrogen) atoms. The molecule has 1 amide bonds. The highest BCUT2D eigenvalue weighted by molar-refractivity contribution is 5.97. The van der Waals surface area contributed by atoms with Gasteiger partial charge in [-0.2, -0.15) is 0 Å². The number of hydrogen-bond acceptors (Lipinski definition) is 5. The molecule has 0 atom stereocenters. The molecule has 7 nitrogen and oxygen atoms in total. The van der Waals surface area contributed by atoms with Crippen LogP contribution in [0.2, 0.25) is 0 Å². The summed E-state index contributed by atoms with van der Waals surface area (Å²) < 4.78 is 9.85. The molecule has 0 saturated carbocycles. The molecule has 7 heteroatoms. The van der Waals surface area contributed by atoms with Crippen molar-refractivity contribution in [1.29, 1.82) is 0 Å². The van der Waals surface area contributed by atoms with Crippen molar-refractivity contribution in [2.24, 2.45) is 0 Å². The van der Waals surface area contributed by atoms with Gasteiger partial charge in [0.05, 0.1) is 14.2 Å². The Morgan fingerprint density at radius 1 is 1.35 bits per heavy atom. The number of carbonyl (C=O) groups excluding carboxylic acids is 1. The second-order valence-electron chi connectivity index (χ2n) is 4.32. The molecule has 112 valence electrons. The lowest BCUT2D eigenvalue weighted by Gasteiger charge is -2.18. The van der Waals surface area contributed by atoms with E-state index in [0.717, 1.165) is 12.8 Å². The van der Waals surface area contributed by atoms with Crippen molar-refractivity contribution in [3.8, 4) is 17.4 Å². The van der Waals surface area contributed by atoms with Gasteiger partial charge in [0.1, 0.15) is 0 Å². The van der Waals surface area contributed by atoms with Crippen molar-refractivity contribution in [1.82, 2.24) is 9.88 Å². The van der Waals surface area contributed by atoms with E-state index in [4.69, 9.17) is 9.47 Å². The predicted octanol–water partition coefficient (Wildman–Crippen LogP) is 0.970. The van der Waals surface area contributed by atoms with E-state index in [9.17, 15) is 14.7 Å². The first-order chi connectivity index (χ1) is 9.47. The number of methoxy groups -OCH3 is 2. The third kappa shape index (κ3) is 3.04. The molecule has 1 heterocycles. The number of aromatic nitrogens is 1. The van der Waals surface area contributed by atoms with Gasteiger partial charge < -0.3 is 19.5 Å². The molecule has 0 aromatic carbocycles. The number of ether oxygens (including phenoxy) is 2. The Morgan fingerprint density at radius 2 is 2.00 bits per heavy atom. The summed E-state index contributed by atoms with van der Waals surface area (Å²) in [6.45, 7) is 2.50. The quantitative estimate of drug-likeness (QED) is 0.812. The highest BCUT2D eigenvalue weighted by Gasteiger charge is 2.25. The van der Waals surface area contributed by atoms with E-state index < -0.39 is 17.2 Å². The van der Waals surface area contributed by atoms with Gasteiger partial charge in [-0.15, -0.1) is 0 Å². The standard InChI is InChI=1S/C13H20N2O5/c1-5-6-7-15(2)13(18)8-9(16)10(19-3)12(20-4)14-11(8)17/h5-7H2,1-4H3,(H2,14,16,17). The lowest BCUT2D eigenvalue weighted by molar-refractivity contribution is 0.0787. The summed E-state index contributed by atoms with van der Waals surface area (Å²) in [6, 6.07) is 0. The van der Waals surface area contributed by atoms with Crippen LogP contribution in [0.1, 0.15) is 30.1 Å². The number of aromatic amines is 1. The van der Waals surface area contributed by atoms with Gasteiger partial charge in [0.2, 0.25) is 11.6 Å². The van der Waals surface area contributed by atoms with E-state index in [1.807, 2.05) is 6.92 Å². The van der Waals surface area contributed by atoms with Gasteiger partial charge in [-0.05, 0) is 6.42 Å². The largest absolute Gasteiger partial charge is 0.503 e. The van der Waals surface area contributed by atoms with E-state index in [1.165, 1.54) is 19.1 Å². The Bertz CT molecular complexity index is 538. The van der Waals surface area contributed by atoms with E-state index in [-0.39, 0.29) is 17.2 Å². The molecule has 1 aromatic heterocycles. The number of aromatic hydroxyl groups is 1. The average molecular weight is 284 g/mol. The third-order valence-electron chi connectivity index (χ3n) is 2.93. The van der Waals surface area contributed by atoms with E-state index in [1.54, 1.807) is 7.05 Å². The molecule has 0 aliphatic carbocycles. The van der Waals surface area contributed by atoms with Crippen LogP contribution in [0, 0.1) is 0 Å². The fourth-order valence-electron chi connectivity index (χ4n) is 1.77. The second kappa shape index (κ2) is 6.83. The SMILES string of the molecule is CCCCN(C)C(=O)c1c(O)c(OC)c(OC)[nH]c1=O. The summed E-state index contributed by atoms with van der Waals surface area (Å²) in [6.07, 6.45) is 1.74. The van der Waals surface area contributed by atoms with Crippen molar-refractivity contribution in [3.63, 3.8) is 0 Å². The Morgan fingerprint density at radius 3 is 2.50 bits per heavy atom. The van der Waals surface area contributed by atoms with Gasteiger partial charge in [-0.3, -0.25) is 14.6 Å². The number of rotatable bonds is 6. The number of amides is 1. The van der Waals surface area contributed by atoms with E-state index in [0.29, 0.717) is 6.54 Å². The van der Waals surface area contributed by atoms with Crippen molar-refractivity contribution >= 4 is 5.91 Å². The Balaban J connectivity index is 3.25. The minimum atomic E-state index is -0.714. The normalized spacial score (nSPS) is 10.2. The molecule has 1 rings (SSSR count). The summed E-state index contributed by atoms with van der Waals surface area (Å²) in [4.78, 5) is 27.9. The van der Waals surface area contributed by atoms with Crippen molar-refractivity contribution < 1.29 is 19.4 Å². The lowest BCUT2D eigenvalue weighted by Crippen LogP contribution is -2.32. The van der Waals surface area contributed by atoms with Crippen LogP contribution >= 0.6 is 0 Å². The molecule has 0 saturated heterocycles. The Labute approximate surface area is 117 Å². The molecule has 1 aromatic rings. The van der Waals surface area contributed by atoms with Crippen molar-refractivity contribution in [2.75, 3.05) is 27.8 Å². The summed E-state index contributed by atoms with van der Waals surface area (Å²) in [5.74, 6) is -1.17. The zero-order valence-corrected chi connectivity index (χ0v) is 12.1. The van der Waals surface area contributed by atoms with Crippen LogP contribution in [0.5, 0.6) is 17.4 Å². The topological polar surface area (TPSA) is 91.9 Å². The van der Waals surface area contributed by atoms with Crippen LogP contribution < -0.4 is 15.0 Å². The maximum Gasteiger partial charge on any atom is 0.267 e. The molecule has 0 aliphatic heterocycles. The molecule has 0 aliphatic rings. The third-order valence-corrected chi connectivity index (χ3v) is 2.93. The van der Waals surface area contributed by atoms with Gasteiger partial charge in [-0.25, -0.2) is 0 Å². The average Bonchev–Trinajstić information content (AvgIpc) is 2.43. The van der Waals surface area contributed by atoms with Crippen LogP contribution in [-0.4, -0.2) is 48.7 Å². The summed E-state index contributed by atoms with van der Waals surface area (Å²) in [5.41, 5.74) is -1.06. The number of pyridine rings is 1. The number of H-pyrrole nitrogens is 1. The first-order valence-electron chi connectivity index (χ1n) is 6.30. The highest BCUT2D eigenvalue weighted by Crippen LogP contribution is 2.35. The fraction of sp³-hybridized carbons (Fsp3) is 0.538. The zero-order valence-electron chi connectivity index (χ0n) is 12.1. The first-order valence-corrected chi connectivity index (χ1v) is 6.30. The van der Waals surface area contributed by atoms with E-state index >= 15 is 0 Å². The van der Waals surface area contributed by atoms with E-state index in [2.05, 4.69) is 4.98 Å². The molecule has 0 fully saturated rings. The van der Waals surface area contributed by atoms with Crippen LogP contribution in [0.15, 0.2) is 4.79 Å². The minimum absolute atomic E-state index is 0.0252. The molecule has 0 bridgehead atoms. The van der Waals surface area contributed by atoms with Crippen LogP contribution in [0.3, 0.4) is 0 Å². The summed E-state index contributed by atoms with van der Waals surface area (Å²) in [5, 5.41) is 10.1. The predicted molar refractivity (Wildman–Crippen MR) is 73.7 cm³/mol. The maximum absolute atomic E-state index is 12.2. The van der Waals surface area contributed by atoms with Gasteiger partial charge >= 0.3 is 0 Å². The fourth-order valence-corrected chi connectivity index (χ4v) is 1.77. The zero-order chi connectivity index (χ0) is 15.3. The summed E-state index contributed by atoms with van der Waals surface area (Å²) >= 11 is 0. The Kier molecular flexibility index (Phi) is 5.42. The molecule has 0 radical (unpaired) electrons. The molecular weight excluding hydrogens is 264 g/mol. The summed E-state index contributed by atoms with van der Waals surface area (Å²) in [7, 11) is 4.21. The molecular formula is C13H20N2O5.